The molecule has 0 saturated heterocycles. The van der Waals surface area contributed by atoms with Crippen LogP contribution in [0.1, 0.15) is 18.5 Å². The van der Waals surface area contributed by atoms with Crippen LogP contribution in [0.3, 0.4) is 0 Å². The zero-order valence-corrected chi connectivity index (χ0v) is 7.69. The van der Waals surface area contributed by atoms with E-state index in [-0.39, 0.29) is 18.4 Å². The summed E-state index contributed by atoms with van der Waals surface area (Å²) in [6.07, 6.45) is 1.65. The van der Waals surface area contributed by atoms with Crippen LogP contribution in [0.4, 0.5) is 0 Å². The Hall–Kier alpha value is -0.310. The van der Waals surface area contributed by atoms with Crippen LogP contribution in [-0.4, -0.2) is 4.98 Å². The number of pyridine rings is 1. The number of rotatable bonds is 1. The first-order chi connectivity index (χ1) is 4.70. The van der Waals surface area contributed by atoms with E-state index in [9.17, 15) is 0 Å². The van der Waals surface area contributed by atoms with E-state index in [1.165, 1.54) is 0 Å². The quantitative estimate of drug-likeness (QED) is 0.694. The third kappa shape index (κ3) is 3.06. The van der Waals surface area contributed by atoms with E-state index in [1.807, 2.05) is 13.0 Å². The zero-order chi connectivity index (χ0) is 7.56. The molecule has 0 spiro atoms. The van der Waals surface area contributed by atoms with Crippen LogP contribution in [0, 0.1) is 0 Å². The largest absolute Gasteiger partial charge is 0.324 e. The summed E-state index contributed by atoms with van der Waals surface area (Å²) in [5, 5.41) is 0.495. The highest BCUT2D eigenvalue weighted by Gasteiger charge is 1.98. The Balaban J connectivity index is 0.000001000. The van der Waals surface area contributed by atoms with E-state index in [4.69, 9.17) is 17.3 Å². The second-order valence-corrected chi connectivity index (χ2v) is 2.59. The molecule has 0 aliphatic carbocycles. The van der Waals surface area contributed by atoms with Gasteiger partial charge in [0.2, 0.25) is 0 Å². The van der Waals surface area contributed by atoms with Crippen LogP contribution < -0.4 is 5.73 Å². The third-order valence-corrected chi connectivity index (χ3v) is 1.48. The molecule has 0 radical (unpaired) electrons. The second kappa shape index (κ2) is 4.54. The molecule has 0 fully saturated rings. The lowest BCUT2D eigenvalue weighted by Gasteiger charge is -2.03. The molecule has 1 rings (SSSR count). The minimum Gasteiger partial charge on any atom is -0.324 e. The normalized spacial score (nSPS) is 11.9. The first-order valence-corrected chi connectivity index (χ1v) is 3.45. The molecule has 1 heterocycles. The molecule has 0 saturated carbocycles. The molecule has 0 amide bonds. The van der Waals surface area contributed by atoms with Gasteiger partial charge in [-0.15, -0.1) is 12.4 Å². The van der Waals surface area contributed by atoms with Crippen molar-refractivity contribution < 1.29 is 0 Å². The molecule has 0 aliphatic rings. The van der Waals surface area contributed by atoms with Crippen molar-refractivity contribution in [2.45, 2.75) is 13.0 Å². The first-order valence-electron chi connectivity index (χ1n) is 3.07. The van der Waals surface area contributed by atoms with Crippen LogP contribution in [0.2, 0.25) is 5.15 Å². The Morgan fingerprint density at radius 1 is 1.64 bits per heavy atom. The van der Waals surface area contributed by atoms with E-state index < -0.39 is 0 Å². The fraction of sp³-hybridized carbons (Fsp3) is 0.286. The number of aromatic nitrogens is 1. The second-order valence-electron chi connectivity index (χ2n) is 2.20. The Bertz CT molecular complexity index is 225. The van der Waals surface area contributed by atoms with Gasteiger partial charge in [-0.3, -0.25) is 0 Å². The summed E-state index contributed by atoms with van der Waals surface area (Å²) in [7, 11) is 0. The fourth-order valence-electron chi connectivity index (χ4n) is 0.701. The molecule has 0 bridgehead atoms. The van der Waals surface area contributed by atoms with Crippen molar-refractivity contribution in [2.75, 3.05) is 0 Å². The van der Waals surface area contributed by atoms with E-state index >= 15 is 0 Å². The van der Waals surface area contributed by atoms with Crippen molar-refractivity contribution in [1.29, 1.82) is 0 Å². The highest BCUT2D eigenvalue weighted by Crippen LogP contribution is 2.12. The van der Waals surface area contributed by atoms with Gasteiger partial charge in [-0.05, 0) is 24.6 Å². The average Bonchev–Trinajstić information content (AvgIpc) is 1.88. The van der Waals surface area contributed by atoms with Crippen molar-refractivity contribution in [3.8, 4) is 0 Å². The molecular weight excluding hydrogens is 183 g/mol. The molecule has 62 valence electrons. The maximum Gasteiger partial charge on any atom is 0.129 e. The topological polar surface area (TPSA) is 38.9 Å². The average molecular weight is 193 g/mol. The molecule has 1 aromatic heterocycles. The van der Waals surface area contributed by atoms with Gasteiger partial charge in [-0.2, -0.15) is 0 Å². The SMILES string of the molecule is CC(N)c1ccnc(Cl)c1.Cl. The Morgan fingerprint density at radius 2 is 2.27 bits per heavy atom. The maximum absolute atomic E-state index is 5.62. The molecule has 11 heavy (non-hydrogen) atoms. The van der Waals surface area contributed by atoms with Crippen LogP contribution in [0.25, 0.3) is 0 Å². The third-order valence-electron chi connectivity index (χ3n) is 1.28. The van der Waals surface area contributed by atoms with Gasteiger partial charge in [0.25, 0.3) is 0 Å². The van der Waals surface area contributed by atoms with E-state index in [2.05, 4.69) is 4.98 Å². The standard InChI is InChI=1S/C7H9ClN2.ClH/c1-5(9)6-2-3-10-7(8)4-6;/h2-5H,9H2,1H3;1H. The van der Waals surface area contributed by atoms with Crippen molar-refractivity contribution in [3.05, 3.63) is 29.0 Å². The van der Waals surface area contributed by atoms with E-state index in [0.717, 1.165) is 5.56 Å². The lowest BCUT2D eigenvalue weighted by molar-refractivity contribution is 0.815. The molecule has 1 unspecified atom stereocenters. The summed E-state index contributed by atoms with van der Waals surface area (Å²) < 4.78 is 0. The lowest BCUT2D eigenvalue weighted by atomic mass is 10.1. The van der Waals surface area contributed by atoms with Gasteiger partial charge in [0, 0.05) is 12.2 Å². The predicted molar refractivity (Wildman–Crippen MR) is 49.1 cm³/mol. The van der Waals surface area contributed by atoms with E-state index in [0.29, 0.717) is 5.15 Å². The van der Waals surface area contributed by atoms with Gasteiger partial charge in [0.1, 0.15) is 5.15 Å². The zero-order valence-electron chi connectivity index (χ0n) is 6.12. The van der Waals surface area contributed by atoms with Gasteiger partial charge >= 0.3 is 0 Å². The summed E-state index contributed by atoms with van der Waals surface area (Å²) in [5.41, 5.74) is 6.61. The van der Waals surface area contributed by atoms with Gasteiger partial charge < -0.3 is 5.73 Å². The van der Waals surface area contributed by atoms with Crippen LogP contribution in [0.5, 0.6) is 0 Å². The van der Waals surface area contributed by atoms with Crippen LogP contribution >= 0.6 is 24.0 Å². The smallest absolute Gasteiger partial charge is 0.129 e. The highest BCUT2D eigenvalue weighted by molar-refractivity contribution is 6.29. The van der Waals surface area contributed by atoms with Gasteiger partial charge in [0.15, 0.2) is 0 Å². The predicted octanol–water partition coefficient (Wildman–Crippen LogP) is 2.18. The van der Waals surface area contributed by atoms with E-state index in [1.54, 1.807) is 12.3 Å². The van der Waals surface area contributed by atoms with Crippen molar-refractivity contribution in [2.24, 2.45) is 5.73 Å². The molecule has 0 aliphatic heterocycles. The Labute approximate surface area is 77.2 Å². The monoisotopic (exact) mass is 192 g/mol. The van der Waals surface area contributed by atoms with Gasteiger partial charge in [-0.25, -0.2) is 4.98 Å². The molecule has 0 aromatic carbocycles. The summed E-state index contributed by atoms with van der Waals surface area (Å²) >= 11 is 5.62. The molecular formula is C7H10Cl2N2. The summed E-state index contributed by atoms with van der Waals surface area (Å²) in [4.78, 5) is 3.83. The van der Waals surface area contributed by atoms with Gasteiger partial charge in [-0.1, -0.05) is 11.6 Å². The molecule has 2 nitrogen and oxygen atoms in total. The number of halogens is 2. The number of nitrogens with zero attached hydrogens (tertiary/aromatic N) is 1. The number of nitrogens with two attached hydrogens (primary N) is 1. The highest BCUT2D eigenvalue weighted by atomic mass is 35.5. The lowest BCUT2D eigenvalue weighted by Crippen LogP contribution is -2.04. The van der Waals surface area contributed by atoms with Crippen molar-refractivity contribution in [1.82, 2.24) is 4.98 Å². The summed E-state index contributed by atoms with van der Waals surface area (Å²) in [6, 6.07) is 3.66. The van der Waals surface area contributed by atoms with Crippen molar-refractivity contribution >= 4 is 24.0 Å². The Kier molecular flexibility index (Phi) is 4.42. The number of hydrogen-bond donors (Lipinski definition) is 1. The van der Waals surface area contributed by atoms with Crippen LogP contribution in [0.15, 0.2) is 18.3 Å². The van der Waals surface area contributed by atoms with Crippen molar-refractivity contribution in [3.63, 3.8) is 0 Å². The first kappa shape index (κ1) is 10.7. The fourth-order valence-corrected chi connectivity index (χ4v) is 0.883. The maximum atomic E-state index is 5.62. The molecule has 1 atom stereocenters. The molecule has 2 N–H and O–H groups in total. The minimum absolute atomic E-state index is 0. The number of hydrogen-bond acceptors (Lipinski definition) is 2. The molecule has 1 aromatic rings. The minimum atomic E-state index is 0. The molecule has 4 heteroatoms. The Morgan fingerprint density at radius 3 is 2.64 bits per heavy atom. The van der Waals surface area contributed by atoms with Crippen LogP contribution in [-0.2, 0) is 0 Å². The summed E-state index contributed by atoms with van der Waals surface area (Å²) in [5.74, 6) is 0. The van der Waals surface area contributed by atoms with Gasteiger partial charge in [0.05, 0.1) is 0 Å². The summed E-state index contributed by atoms with van der Waals surface area (Å²) in [6.45, 7) is 1.91.